The number of nitrogens with one attached hydrogen (secondary N) is 5. The highest BCUT2D eigenvalue weighted by Crippen LogP contribution is 2.30. The van der Waals surface area contributed by atoms with Crippen LogP contribution in [0, 0.1) is 18.8 Å². The number of ether oxygens (including phenoxy) is 1. The van der Waals surface area contributed by atoms with Crippen LogP contribution in [0.5, 0.6) is 0 Å². The molecule has 1 atom stereocenters. The van der Waals surface area contributed by atoms with Gasteiger partial charge in [0, 0.05) is 30.1 Å². The van der Waals surface area contributed by atoms with E-state index < -0.39 is 17.7 Å². The summed E-state index contributed by atoms with van der Waals surface area (Å²) >= 11 is 0. The van der Waals surface area contributed by atoms with Gasteiger partial charge in [0.05, 0.1) is 17.4 Å². The molecule has 0 radical (unpaired) electrons. The molecule has 5 N–H and O–H groups in total. The first kappa shape index (κ1) is 34.3. The van der Waals surface area contributed by atoms with Crippen LogP contribution in [0.2, 0.25) is 0 Å². The number of hydrogen-bond acceptors (Lipinski definition) is 8. The molecule has 13 heteroatoms. The maximum Gasteiger partial charge on any atom is 0.407 e. The van der Waals surface area contributed by atoms with E-state index in [-0.39, 0.29) is 23.7 Å². The maximum atomic E-state index is 13.8. The zero-order valence-electron chi connectivity index (χ0n) is 28.7. The number of hydrogen-bond donors (Lipinski definition) is 5. The summed E-state index contributed by atoms with van der Waals surface area (Å²) in [6.07, 6.45) is 4.50. The molecule has 5 aromatic rings. The molecular formula is C37H43N9O4. The van der Waals surface area contributed by atoms with Gasteiger partial charge in [-0.3, -0.25) is 9.59 Å². The van der Waals surface area contributed by atoms with Gasteiger partial charge in [0.2, 0.25) is 17.6 Å². The second kappa shape index (κ2) is 14.9. The number of alkyl carbamates (subject to hydrolysis) is 1. The number of rotatable bonds is 10. The molecule has 1 unspecified atom stereocenters. The van der Waals surface area contributed by atoms with E-state index >= 15 is 0 Å². The van der Waals surface area contributed by atoms with Crippen molar-refractivity contribution in [3.63, 3.8) is 0 Å². The predicted octanol–water partition coefficient (Wildman–Crippen LogP) is 5.72. The molecule has 2 aromatic heterocycles. The maximum absolute atomic E-state index is 13.8. The number of aromatic nitrogens is 6. The fraction of sp³-hybridized carbons (Fsp3) is 0.378. The lowest BCUT2D eigenvalue weighted by atomic mass is 9.81. The van der Waals surface area contributed by atoms with Crippen molar-refractivity contribution in [2.75, 3.05) is 11.9 Å². The third-order valence-electron chi connectivity index (χ3n) is 9.01. The van der Waals surface area contributed by atoms with Gasteiger partial charge in [0.1, 0.15) is 11.6 Å². The molecule has 1 aliphatic rings. The number of benzene rings is 3. The number of nitrogens with zero attached hydrogens (tertiary/aromatic N) is 4. The van der Waals surface area contributed by atoms with Gasteiger partial charge in [-0.25, -0.2) is 9.78 Å². The van der Waals surface area contributed by atoms with Gasteiger partial charge >= 0.3 is 6.09 Å². The van der Waals surface area contributed by atoms with Crippen molar-refractivity contribution in [3.05, 3.63) is 78.1 Å². The molecule has 1 aliphatic carbocycles. The summed E-state index contributed by atoms with van der Waals surface area (Å²) in [5.41, 5.74) is 6.82. The first-order chi connectivity index (χ1) is 24.0. The van der Waals surface area contributed by atoms with Gasteiger partial charge in [0.15, 0.2) is 0 Å². The average Bonchev–Trinajstić information content (AvgIpc) is 3.80. The Morgan fingerprint density at radius 1 is 0.960 bits per heavy atom. The third kappa shape index (κ3) is 8.70. The number of aryl methyl sites for hydroxylation is 1. The zero-order chi connectivity index (χ0) is 35.3. The highest BCUT2D eigenvalue weighted by molar-refractivity contribution is 5.98. The van der Waals surface area contributed by atoms with Gasteiger partial charge < -0.3 is 25.7 Å². The van der Waals surface area contributed by atoms with E-state index in [1.807, 2.05) is 45.0 Å². The third-order valence-corrected chi connectivity index (χ3v) is 9.01. The first-order valence-corrected chi connectivity index (χ1v) is 17.0. The van der Waals surface area contributed by atoms with Gasteiger partial charge in [-0.2, -0.15) is 5.21 Å². The van der Waals surface area contributed by atoms with Crippen molar-refractivity contribution in [1.29, 1.82) is 0 Å². The number of anilines is 1. The largest absolute Gasteiger partial charge is 0.444 e. The highest BCUT2D eigenvalue weighted by Gasteiger charge is 2.30. The molecule has 0 saturated heterocycles. The Morgan fingerprint density at radius 3 is 2.36 bits per heavy atom. The first-order valence-electron chi connectivity index (χ1n) is 17.0. The minimum absolute atomic E-state index is 0.143. The van der Waals surface area contributed by atoms with E-state index in [4.69, 9.17) is 4.74 Å². The Hall–Kier alpha value is -5.59. The zero-order valence-corrected chi connectivity index (χ0v) is 28.7. The number of aromatic amines is 2. The predicted molar refractivity (Wildman–Crippen MR) is 190 cm³/mol. The van der Waals surface area contributed by atoms with E-state index in [1.165, 1.54) is 0 Å². The van der Waals surface area contributed by atoms with Crippen molar-refractivity contribution >= 4 is 34.6 Å². The summed E-state index contributed by atoms with van der Waals surface area (Å²) in [6.45, 7) is 8.06. The fourth-order valence-electron chi connectivity index (χ4n) is 6.34. The van der Waals surface area contributed by atoms with Crippen LogP contribution in [0.25, 0.3) is 33.5 Å². The van der Waals surface area contributed by atoms with Crippen molar-refractivity contribution in [1.82, 2.24) is 41.2 Å². The van der Waals surface area contributed by atoms with Crippen LogP contribution in [0.3, 0.4) is 0 Å². The van der Waals surface area contributed by atoms with Gasteiger partial charge in [0.25, 0.3) is 0 Å². The molecule has 13 nitrogen and oxygen atoms in total. The Labute approximate surface area is 290 Å². The van der Waals surface area contributed by atoms with Crippen molar-refractivity contribution in [2.24, 2.45) is 11.8 Å². The molecule has 2 heterocycles. The summed E-state index contributed by atoms with van der Waals surface area (Å²) in [4.78, 5) is 47.0. The van der Waals surface area contributed by atoms with E-state index in [2.05, 4.69) is 65.6 Å². The van der Waals surface area contributed by atoms with Crippen molar-refractivity contribution < 1.29 is 19.1 Å². The summed E-state index contributed by atoms with van der Waals surface area (Å²) < 4.78 is 5.35. The lowest BCUT2D eigenvalue weighted by Crippen LogP contribution is -2.48. The minimum Gasteiger partial charge on any atom is -0.444 e. The molecular weight excluding hydrogens is 634 g/mol. The Bertz CT molecular complexity index is 1920. The number of H-pyrrole nitrogens is 2. The number of fused-ring (bicyclic) bond motifs is 1. The van der Waals surface area contributed by atoms with Gasteiger partial charge in [-0.15, -0.1) is 10.2 Å². The smallest absolute Gasteiger partial charge is 0.407 e. The number of carbonyl (C=O) groups excluding carboxylic acids is 3. The Kier molecular flexibility index (Phi) is 10.2. The Morgan fingerprint density at radius 2 is 1.68 bits per heavy atom. The van der Waals surface area contributed by atoms with Crippen LogP contribution in [0.1, 0.15) is 57.6 Å². The van der Waals surface area contributed by atoms with Crippen LogP contribution < -0.4 is 16.0 Å². The number of tetrazole rings is 1. The number of imidazole rings is 1. The van der Waals surface area contributed by atoms with Gasteiger partial charge in [-0.05, 0) is 123 Å². The monoisotopic (exact) mass is 677 g/mol. The molecule has 0 spiro atoms. The molecule has 260 valence electrons. The van der Waals surface area contributed by atoms with Gasteiger partial charge in [-0.1, -0.05) is 24.3 Å². The summed E-state index contributed by atoms with van der Waals surface area (Å²) in [6, 6.07) is 18.5. The summed E-state index contributed by atoms with van der Waals surface area (Å²) in [5, 5.41) is 22.9. The normalized spacial score (nSPS) is 16.8. The molecule has 0 bridgehead atoms. The number of amides is 3. The van der Waals surface area contributed by atoms with Crippen LogP contribution in [-0.4, -0.2) is 66.7 Å². The molecule has 0 aliphatic heterocycles. The Balaban J connectivity index is 1.12. The average molecular weight is 678 g/mol. The van der Waals surface area contributed by atoms with Crippen LogP contribution in [-0.2, 0) is 20.7 Å². The van der Waals surface area contributed by atoms with E-state index in [0.717, 1.165) is 51.7 Å². The summed E-state index contributed by atoms with van der Waals surface area (Å²) in [7, 11) is 0. The van der Waals surface area contributed by atoms with E-state index in [1.54, 1.807) is 30.6 Å². The molecule has 3 aromatic carbocycles. The summed E-state index contributed by atoms with van der Waals surface area (Å²) in [5.74, 6) is 0.0309. The number of carbonyl (C=O) groups is 3. The second-order valence-corrected chi connectivity index (χ2v) is 14.0. The topological polar surface area (TPSA) is 180 Å². The molecule has 50 heavy (non-hydrogen) atoms. The molecule has 1 fully saturated rings. The van der Waals surface area contributed by atoms with E-state index in [0.29, 0.717) is 37.3 Å². The standard InChI is InChI=1S/C37H43N9O4/c1-22-17-30-31(40-21-39-30)19-29(22)25-9-5-23(6-10-25)18-32(35(48)41-28-15-13-26(14-16-28)33-43-45-46-44-33)42-34(47)27-11-7-24(8-12-27)20-38-36(49)50-37(2,3)4/h5-6,9-10,13-17,19,21,24,27,32H,7-8,11-12,18,20H2,1-4H3,(H,38,49)(H,39,40)(H,41,48)(H,42,47)(H,43,44,45,46). The molecule has 1 saturated carbocycles. The minimum atomic E-state index is -0.807. The van der Waals surface area contributed by atoms with E-state index in [9.17, 15) is 14.4 Å². The lowest BCUT2D eigenvalue weighted by molar-refractivity contribution is -0.130. The fourth-order valence-corrected chi connectivity index (χ4v) is 6.34. The quantitative estimate of drug-likeness (QED) is 0.125. The van der Waals surface area contributed by atoms with Crippen LogP contribution >= 0.6 is 0 Å². The lowest BCUT2D eigenvalue weighted by Gasteiger charge is -2.29. The molecule has 3 amide bonds. The van der Waals surface area contributed by atoms with Crippen molar-refractivity contribution in [2.45, 2.75) is 71.4 Å². The second-order valence-electron chi connectivity index (χ2n) is 14.0. The molecule has 6 rings (SSSR count). The highest BCUT2D eigenvalue weighted by atomic mass is 16.6. The van der Waals surface area contributed by atoms with Crippen LogP contribution in [0.4, 0.5) is 10.5 Å². The SMILES string of the molecule is Cc1cc2[nH]cnc2cc1-c1ccc(CC(NC(=O)C2CCC(CNC(=O)OC(C)(C)C)CC2)C(=O)Nc2ccc(-c3nn[nH]n3)cc2)cc1. The van der Waals surface area contributed by atoms with Crippen molar-refractivity contribution in [3.8, 4) is 22.5 Å². The van der Waals surface area contributed by atoms with Crippen LogP contribution in [0.15, 0.2) is 67.0 Å².